The molecule has 0 amide bonds. The van der Waals surface area contributed by atoms with E-state index in [0.717, 1.165) is 17.8 Å². The molecule has 1 heteroatoms. The smallest absolute Gasteiger partial charge is 0.0462 e. The van der Waals surface area contributed by atoms with Crippen molar-refractivity contribution in [2.75, 3.05) is 6.61 Å². The van der Waals surface area contributed by atoms with Gasteiger partial charge in [0.15, 0.2) is 0 Å². The van der Waals surface area contributed by atoms with Crippen molar-refractivity contribution in [2.45, 2.75) is 40.0 Å². The van der Waals surface area contributed by atoms with Crippen LogP contribution >= 0.6 is 0 Å². The molecule has 1 aliphatic carbocycles. The molecule has 0 saturated heterocycles. The maximum absolute atomic E-state index is 9.23. The largest absolute Gasteiger partial charge is 0.396 e. The number of hydrogen-bond donors (Lipinski definition) is 1. The first-order chi connectivity index (χ1) is 5.65. The van der Waals surface area contributed by atoms with Crippen LogP contribution in [-0.2, 0) is 0 Å². The van der Waals surface area contributed by atoms with Gasteiger partial charge in [0, 0.05) is 6.61 Å². The summed E-state index contributed by atoms with van der Waals surface area (Å²) in [6, 6.07) is 0. The van der Waals surface area contributed by atoms with Gasteiger partial charge in [-0.3, -0.25) is 0 Å². The van der Waals surface area contributed by atoms with Crippen molar-refractivity contribution < 1.29 is 5.11 Å². The molecule has 1 saturated carbocycles. The van der Waals surface area contributed by atoms with Crippen LogP contribution in [0.25, 0.3) is 0 Å². The molecular weight excluding hydrogens is 148 g/mol. The Bertz CT molecular complexity index is 131. The molecule has 1 fully saturated rings. The van der Waals surface area contributed by atoms with Crippen molar-refractivity contribution in [3.63, 3.8) is 0 Å². The molecule has 0 aromatic rings. The van der Waals surface area contributed by atoms with E-state index >= 15 is 0 Å². The second-order valence-corrected chi connectivity index (χ2v) is 4.77. The van der Waals surface area contributed by atoms with Crippen LogP contribution in [0.3, 0.4) is 0 Å². The molecule has 0 aromatic heterocycles. The zero-order valence-electron chi connectivity index (χ0n) is 8.59. The first-order valence-electron chi connectivity index (χ1n) is 5.26. The minimum Gasteiger partial charge on any atom is -0.396 e. The van der Waals surface area contributed by atoms with Crippen LogP contribution < -0.4 is 0 Å². The Morgan fingerprint density at radius 2 is 2.00 bits per heavy atom. The fourth-order valence-electron chi connectivity index (χ4n) is 2.61. The summed E-state index contributed by atoms with van der Waals surface area (Å²) in [7, 11) is 0. The predicted molar refractivity (Wildman–Crippen MR) is 51.9 cm³/mol. The Morgan fingerprint density at radius 3 is 2.50 bits per heavy atom. The fraction of sp³-hybridized carbons (Fsp3) is 1.00. The standard InChI is InChI=1S/C11H22O/c1-8(2)11-5-4-9(3)6-10(11)7-12/h8-12H,4-7H2,1-3H3/t9-,10+,11+/m1/s1. The Balaban J connectivity index is 2.50. The second-order valence-electron chi connectivity index (χ2n) is 4.77. The van der Waals surface area contributed by atoms with Crippen LogP contribution in [-0.4, -0.2) is 11.7 Å². The molecule has 1 N–H and O–H groups in total. The van der Waals surface area contributed by atoms with E-state index in [-0.39, 0.29) is 0 Å². The lowest BCUT2D eigenvalue weighted by atomic mass is 9.70. The van der Waals surface area contributed by atoms with Crippen molar-refractivity contribution in [1.29, 1.82) is 0 Å². The Hall–Kier alpha value is -0.0400. The minimum atomic E-state index is 0.396. The van der Waals surface area contributed by atoms with Gasteiger partial charge in [-0.2, -0.15) is 0 Å². The van der Waals surface area contributed by atoms with Crippen LogP contribution in [0.5, 0.6) is 0 Å². The molecule has 1 nitrogen and oxygen atoms in total. The number of aliphatic hydroxyl groups is 1. The molecule has 0 spiro atoms. The highest BCUT2D eigenvalue weighted by molar-refractivity contribution is 4.79. The third-order valence-electron chi connectivity index (χ3n) is 3.39. The number of rotatable bonds is 2. The van der Waals surface area contributed by atoms with Gasteiger partial charge in [-0.05, 0) is 36.5 Å². The molecule has 72 valence electrons. The van der Waals surface area contributed by atoms with Gasteiger partial charge in [0.1, 0.15) is 0 Å². The lowest BCUT2D eigenvalue weighted by Crippen LogP contribution is -2.29. The zero-order valence-corrected chi connectivity index (χ0v) is 8.59. The van der Waals surface area contributed by atoms with E-state index in [0.29, 0.717) is 12.5 Å². The summed E-state index contributed by atoms with van der Waals surface area (Å²) < 4.78 is 0. The summed E-state index contributed by atoms with van der Waals surface area (Å²) >= 11 is 0. The van der Waals surface area contributed by atoms with Gasteiger partial charge in [0.25, 0.3) is 0 Å². The van der Waals surface area contributed by atoms with Crippen LogP contribution in [0.1, 0.15) is 40.0 Å². The van der Waals surface area contributed by atoms with E-state index in [9.17, 15) is 5.11 Å². The Kier molecular flexibility index (Phi) is 3.57. The van der Waals surface area contributed by atoms with Crippen molar-refractivity contribution >= 4 is 0 Å². The van der Waals surface area contributed by atoms with E-state index < -0.39 is 0 Å². The van der Waals surface area contributed by atoms with Crippen molar-refractivity contribution in [1.82, 2.24) is 0 Å². The van der Waals surface area contributed by atoms with Crippen molar-refractivity contribution in [3.8, 4) is 0 Å². The van der Waals surface area contributed by atoms with Crippen molar-refractivity contribution in [3.05, 3.63) is 0 Å². The van der Waals surface area contributed by atoms with Gasteiger partial charge < -0.3 is 5.11 Å². The van der Waals surface area contributed by atoms with Gasteiger partial charge in [0.05, 0.1) is 0 Å². The highest BCUT2D eigenvalue weighted by atomic mass is 16.3. The maximum atomic E-state index is 9.23. The third kappa shape index (κ3) is 2.22. The lowest BCUT2D eigenvalue weighted by Gasteiger charge is -2.36. The monoisotopic (exact) mass is 170 g/mol. The average molecular weight is 170 g/mol. The third-order valence-corrected chi connectivity index (χ3v) is 3.39. The fourth-order valence-corrected chi connectivity index (χ4v) is 2.61. The summed E-state index contributed by atoms with van der Waals surface area (Å²) in [5, 5.41) is 9.23. The average Bonchev–Trinajstić information content (AvgIpc) is 2.03. The summed E-state index contributed by atoms with van der Waals surface area (Å²) in [5.41, 5.74) is 0. The van der Waals surface area contributed by atoms with Gasteiger partial charge in [-0.15, -0.1) is 0 Å². The molecule has 0 radical (unpaired) electrons. The van der Waals surface area contributed by atoms with E-state index in [1.165, 1.54) is 19.3 Å². The number of hydrogen-bond acceptors (Lipinski definition) is 1. The van der Waals surface area contributed by atoms with Crippen LogP contribution in [0.2, 0.25) is 0 Å². The van der Waals surface area contributed by atoms with Crippen molar-refractivity contribution in [2.24, 2.45) is 23.7 Å². The van der Waals surface area contributed by atoms with Crippen LogP contribution in [0.15, 0.2) is 0 Å². The SMILES string of the molecule is CC(C)[C@@H]1CC[C@@H](C)C[C@H]1CO. The molecule has 1 aliphatic rings. The van der Waals surface area contributed by atoms with Crippen LogP contribution in [0, 0.1) is 23.7 Å². The summed E-state index contributed by atoms with van der Waals surface area (Å²) in [5.74, 6) is 2.92. The van der Waals surface area contributed by atoms with Gasteiger partial charge in [-0.1, -0.05) is 27.2 Å². The summed E-state index contributed by atoms with van der Waals surface area (Å²) in [4.78, 5) is 0. The van der Waals surface area contributed by atoms with Crippen LogP contribution in [0.4, 0.5) is 0 Å². The molecule has 3 atom stereocenters. The van der Waals surface area contributed by atoms with Gasteiger partial charge in [0.2, 0.25) is 0 Å². The lowest BCUT2D eigenvalue weighted by molar-refractivity contribution is 0.0834. The Morgan fingerprint density at radius 1 is 1.33 bits per heavy atom. The normalized spacial score (nSPS) is 37.2. The second kappa shape index (κ2) is 4.27. The van der Waals surface area contributed by atoms with E-state index in [1.54, 1.807) is 0 Å². The van der Waals surface area contributed by atoms with E-state index in [1.807, 2.05) is 0 Å². The zero-order chi connectivity index (χ0) is 9.14. The topological polar surface area (TPSA) is 20.2 Å². The molecule has 0 aromatic carbocycles. The Labute approximate surface area is 76.2 Å². The first-order valence-corrected chi connectivity index (χ1v) is 5.26. The molecule has 1 rings (SSSR count). The number of aliphatic hydroxyl groups excluding tert-OH is 1. The molecule has 0 bridgehead atoms. The highest BCUT2D eigenvalue weighted by Gasteiger charge is 2.29. The summed E-state index contributed by atoms with van der Waals surface area (Å²) in [6.45, 7) is 7.26. The highest BCUT2D eigenvalue weighted by Crippen LogP contribution is 2.37. The molecule has 0 heterocycles. The summed E-state index contributed by atoms with van der Waals surface area (Å²) in [6.07, 6.45) is 3.92. The molecular formula is C11H22O. The van der Waals surface area contributed by atoms with Gasteiger partial charge >= 0.3 is 0 Å². The quantitative estimate of drug-likeness (QED) is 0.675. The first kappa shape index (κ1) is 10.0. The van der Waals surface area contributed by atoms with E-state index in [4.69, 9.17) is 0 Å². The maximum Gasteiger partial charge on any atom is 0.0462 e. The van der Waals surface area contributed by atoms with Gasteiger partial charge in [-0.25, -0.2) is 0 Å². The minimum absolute atomic E-state index is 0.396. The predicted octanol–water partition coefficient (Wildman–Crippen LogP) is 2.69. The molecule has 12 heavy (non-hydrogen) atoms. The molecule has 0 aliphatic heterocycles. The van der Waals surface area contributed by atoms with E-state index in [2.05, 4.69) is 20.8 Å². The molecule has 0 unspecified atom stereocenters.